The number of anilines is 6. The summed E-state index contributed by atoms with van der Waals surface area (Å²) in [5.74, 6) is 0.228. The predicted molar refractivity (Wildman–Crippen MR) is 299 cm³/mol. The zero-order chi connectivity index (χ0) is 48.9. The van der Waals surface area contributed by atoms with Crippen LogP contribution in [0.5, 0.6) is 5.75 Å². The zero-order valence-electron chi connectivity index (χ0n) is 41.6. The van der Waals surface area contributed by atoms with E-state index < -0.39 is 0 Å². The van der Waals surface area contributed by atoms with E-state index in [0.717, 1.165) is 111 Å². The molecule has 5 nitrogen and oxygen atoms in total. The van der Waals surface area contributed by atoms with Crippen LogP contribution in [0.25, 0.3) is 76.5 Å². The SMILES string of the molecule is Cc1ccc(N(c2ccc3c(-c4c(O)ccc5cc(N(c6ccc(C)cc6)c6cccc7c6oc6c(C(C)(C)C)cccc67)ccc45)cccc3c2)c2cccc3c2oc2c(C(C)(C)C)cccc23)cc1. The molecule has 0 saturated heterocycles. The summed E-state index contributed by atoms with van der Waals surface area (Å²) in [6, 6.07) is 66.6. The summed E-state index contributed by atoms with van der Waals surface area (Å²) < 4.78 is 13.9. The van der Waals surface area contributed by atoms with Crippen molar-refractivity contribution in [2.45, 2.75) is 66.2 Å². The van der Waals surface area contributed by atoms with Crippen LogP contribution in [0.2, 0.25) is 0 Å². The number of para-hydroxylation sites is 4. The molecule has 0 fully saturated rings. The van der Waals surface area contributed by atoms with Crippen molar-refractivity contribution in [1.29, 1.82) is 0 Å². The van der Waals surface area contributed by atoms with Gasteiger partial charge < -0.3 is 23.7 Å². The fraction of sp³-hybridized carbons (Fsp3) is 0.152. The lowest BCUT2D eigenvalue weighted by Crippen LogP contribution is -2.11. The first-order valence-corrected chi connectivity index (χ1v) is 24.6. The second kappa shape index (κ2) is 16.4. The van der Waals surface area contributed by atoms with Gasteiger partial charge in [-0.15, -0.1) is 0 Å². The number of hydrogen-bond donors (Lipinski definition) is 1. The average Bonchev–Trinajstić information content (AvgIpc) is 3.94. The summed E-state index contributed by atoms with van der Waals surface area (Å²) in [6.45, 7) is 17.6. The number of fused-ring (bicyclic) bond motifs is 8. The van der Waals surface area contributed by atoms with Gasteiger partial charge in [0, 0.05) is 61.0 Å². The molecule has 0 aliphatic carbocycles. The lowest BCUT2D eigenvalue weighted by Gasteiger charge is -2.26. The molecule has 12 rings (SSSR count). The van der Waals surface area contributed by atoms with Gasteiger partial charge in [0.05, 0.1) is 11.4 Å². The topological polar surface area (TPSA) is 53.0 Å². The second-order valence-electron chi connectivity index (χ2n) is 21.3. The molecular formula is C66H56N2O3. The van der Waals surface area contributed by atoms with Crippen LogP contribution in [0.3, 0.4) is 0 Å². The standard InChI is InChI=1S/C66H56N2O3/c1-40-24-29-44(30-25-40)67(57-22-12-18-53-51-16-10-20-55(65(3,4)5)61(51)70-63(53)57)46-33-35-48-42(38-46)14-9-15-50(48)60-49-36-34-47(39-43(49)28-37-59(60)69)68(45-31-26-41(2)27-32-45)58-23-13-19-54-52-17-11-21-56(66(6,7)8)62(52)71-64(54)58/h9-39,69H,1-8H3. The van der Waals surface area contributed by atoms with Crippen molar-refractivity contribution in [3.05, 3.63) is 210 Å². The molecule has 0 saturated carbocycles. The minimum atomic E-state index is -0.0949. The van der Waals surface area contributed by atoms with Crippen molar-refractivity contribution in [3.63, 3.8) is 0 Å². The minimum Gasteiger partial charge on any atom is -0.507 e. The van der Waals surface area contributed by atoms with Crippen LogP contribution in [-0.2, 0) is 10.8 Å². The summed E-state index contributed by atoms with van der Waals surface area (Å²) in [7, 11) is 0. The molecule has 10 aromatic carbocycles. The molecular weight excluding hydrogens is 869 g/mol. The van der Waals surface area contributed by atoms with Crippen LogP contribution < -0.4 is 9.80 Å². The summed E-state index contributed by atoms with van der Waals surface area (Å²) in [5, 5.41) is 20.3. The van der Waals surface area contributed by atoms with Gasteiger partial charge in [-0.2, -0.15) is 0 Å². The van der Waals surface area contributed by atoms with E-state index in [9.17, 15) is 5.11 Å². The highest BCUT2D eigenvalue weighted by Crippen LogP contribution is 2.49. The van der Waals surface area contributed by atoms with Crippen molar-refractivity contribution >= 4 is 99.5 Å². The maximum Gasteiger partial charge on any atom is 0.159 e. The second-order valence-corrected chi connectivity index (χ2v) is 21.3. The Balaban J connectivity index is 0.997. The molecule has 348 valence electrons. The van der Waals surface area contributed by atoms with Crippen molar-refractivity contribution < 1.29 is 13.9 Å². The van der Waals surface area contributed by atoms with Crippen LogP contribution in [0.4, 0.5) is 34.1 Å². The summed E-state index contributed by atoms with van der Waals surface area (Å²) in [6.07, 6.45) is 0. The molecule has 0 unspecified atom stereocenters. The Labute approximate surface area is 414 Å². The number of hydrogen-bond acceptors (Lipinski definition) is 5. The molecule has 0 aliphatic rings. The highest BCUT2D eigenvalue weighted by molar-refractivity contribution is 6.14. The Morgan fingerprint density at radius 3 is 1.25 bits per heavy atom. The minimum absolute atomic E-state index is 0.0920. The fourth-order valence-electron chi connectivity index (χ4n) is 10.7. The zero-order valence-corrected chi connectivity index (χ0v) is 41.6. The highest BCUT2D eigenvalue weighted by atomic mass is 16.3. The molecule has 2 heterocycles. The van der Waals surface area contributed by atoms with E-state index in [1.807, 2.05) is 12.1 Å². The van der Waals surface area contributed by atoms with Gasteiger partial charge in [-0.3, -0.25) is 0 Å². The molecule has 0 aliphatic heterocycles. The predicted octanol–water partition coefficient (Wildman–Crippen LogP) is 19.3. The monoisotopic (exact) mass is 924 g/mol. The molecule has 0 atom stereocenters. The van der Waals surface area contributed by atoms with Crippen LogP contribution in [-0.4, -0.2) is 5.11 Å². The maximum atomic E-state index is 11.9. The van der Waals surface area contributed by atoms with Gasteiger partial charge in [-0.25, -0.2) is 0 Å². The maximum absolute atomic E-state index is 11.9. The number of nitrogens with zero attached hydrogens (tertiary/aromatic N) is 2. The van der Waals surface area contributed by atoms with Gasteiger partial charge in [0.2, 0.25) is 0 Å². The first kappa shape index (κ1) is 44.0. The number of rotatable bonds is 7. The summed E-state index contributed by atoms with van der Waals surface area (Å²) in [5.41, 5.74) is 15.8. The Kier molecular flexibility index (Phi) is 10.2. The van der Waals surface area contributed by atoms with Crippen molar-refractivity contribution in [2.24, 2.45) is 0 Å². The number of benzene rings is 10. The lowest BCUT2D eigenvalue weighted by atomic mass is 9.86. The molecule has 0 amide bonds. The molecule has 2 aromatic heterocycles. The molecule has 1 N–H and O–H groups in total. The van der Waals surface area contributed by atoms with Crippen LogP contribution in [0.15, 0.2) is 197 Å². The van der Waals surface area contributed by atoms with Crippen molar-refractivity contribution in [2.75, 3.05) is 9.80 Å². The van der Waals surface area contributed by atoms with Gasteiger partial charge in [0.25, 0.3) is 0 Å². The van der Waals surface area contributed by atoms with Gasteiger partial charge in [0.15, 0.2) is 11.2 Å². The lowest BCUT2D eigenvalue weighted by molar-refractivity contribution is 0.478. The number of aryl methyl sites for hydroxylation is 2. The molecule has 5 heteroatoms. The van der Waals surface area contributed by atoms with E-state index in [1.54, 1.807) is 0 Å². The van der Waals surface area contributed by atoms with Gasteiger partial charge in [-0.1, -0.05) is 174 Å². The van der Waals surface area contributed by atoms with Crippen LogP contribution in [0, 0.1) is 13.8 Å². The molecule has 0 bridgehead atoms. The third-order valence-corrected chi connectivity index (χ3v) is 14.3. The molecule has 71 heavy (non-hydrogen) atoms. The van der Waals surface area contributed by atoms with E-state index in [0.29, 0.717) is 0 Å². The Hall–Kier alpha value is -8.28. The van der Waals surface area contributed by atoms with Gasteiger partial charge >= 0.3 is 0 Å². The van der Waals surface area contributed by atoms with E-state index in [2.05, 4.69) is 241 Å². The van der Waals surface area contributed by atoms with Crippen LogP contribution in [0.1, 0.15) is 63.8 Å². The number of phenols is 1. The molecule has 0 spiro atoms. The Morgan fingerprint density at radius 2 is 0.775 bits per heavy atom. The third-order valence-electron chi connectivity index (χ3n) is 14.3. The summed E-state index contributed by atoms with van der Waals surface area (Å²) >= 11 is 0. The van der Waals surface area contributed by atoms with E-state index >= 15 is 0 Å². The normalized spacial score (nSPS) is 12.3. The van der Waals surface area contributed by atoms with Crippen LogP contribution >= 0.6 is 0 Å². The first-order valence-electron chi connectivity index (χ1n) is 24.6. The average molecular weight is 925 g/mol. The third kappa shape index (κ3) is 7.38. The fourth-order valence-corrected chi connectivity index (χ4v) is 10.7. The van der Waals surface area contributed by atoms with Gasteiger partial charge in [0.1, 0.15) is 16.9 Å². The number of phenolic OH excluding ortho intramolecular Hbond substituents is 1. The Morgan fingerprint density at radius 1 is 0.366 bits per heavy atom. The summed E-state index contributed by atoms with van der Waals surface area (Å²) in [4.78, 5) is 4.60. The number of aromatic hydroxyl groups is 1. The quantitative estimate of drug-likeness (QED) is 0.173. The van der Waals surface area contributed by atoms with E-state index in [-0.39, 0.29) is 16.6 Å². The largest absolute Gasteiger partial charge is 0.507 e. The molecule has 0 radical (unpaired) electrons. The number of furan rings is 2. The smallest absolute Gasteiger partial charge is 0.159 e. The van der Waals surface area contributed by atoms with Crippen molar-refractivity contribution in [1.82, 2.24) is 0 Å². The molecule has 12 aromatic rings. The van der Waals surface area contributed by atoms with Gasteiger partial charge in [-0.05, 0) is 119 Å². The van der Waals surface area contributed by atoms with E-state index in [4.69, 9.17) is 8.83 Å². The highest BCUT2D eigenvalue weighted by Gasteiger charge is 2.27. The van der Waals surface area contributed by atoms with Crippen molar-refractivity contribution in [3.8, 4) is 16.9 Å². The van der Waals surface area contributed by atoms with E-state index in [1.165, 1.54) is 22.3 Å². The first-order chi connectivity index (χ1) is 34.2. The Bertz CT molecular complexity index is 4050.